The first-order chi connectivity index (χ1) is 8.85. The molecule has 0 bridgehead atoms. The number of rotatable bonds is 7. The van der Waals surface area contributed by atoms with Crippen LogP contribution in [0, 0.1) is 0 Å². The summed E-state index contributed by atoms with van der Waals surface area (Å²) >= 11 is 6.69. The molecule has 1 rings (SSSR count). The molecule has 0 radical (unpaired) electrons. The zero-order valence-electron chi connectivity index (χ0n) is 10.5. The molecule has 0 aliphatic rings. The van der Waals surface area contributed by atoms with Gasteiger partial charge >= 0.3 is 0 Å². The smallest absolute Gasteiger partial charge is 0.210 e. The number of sulfonamides is 1. The van der Waals surface area contributed by atoms with E-state index in [0.29, 0.717) is 0 Å². The minimum absolute atomic E-state index is 0.144. The molecule has 0 fully saturated rings. The summed E-state index contributed by atoms with van der Waals surface area (Å²) in [6.07, 6.45) is 0. The van der Waals surface area contributed by atoms with Gasteiger partial charge in [0.25, 0.3) is 0 Å². The van der Waals surface area contributed by atoms with Crippen molar-refractivity contribution < 1.29 is 8.42 Å². The average molecular weight is 319 g/mol. The molecule has 8 heteroatoms. The highest BCUT2D eigenvalue weighted by molar-refractivity contribution is 7.99. The number of nitrogens with two attached hydrogens (primary N) is 2. The summed E-state index contributed by atoms with van der Waals surface area (Å²) in [6.45, 7) is 2.25. The molecular formula is C11H17N3O2S3. The van der Waals surface area contributed by atoms with Crippen LogP contribution in [0.15, 0.2) is 23.1 Å². The Morgan fingerprint density at radius 2 is 2.16 bits per heavy atom. The minimum Gasteiger partial charge on any atom is -0.389 e. The van der Waals surface area contributed by atoms with Gasteiger partial charge in [0.05, 0.1) is 5.75 Å². The lowest BCUT2D eigenvalue weighted by molar-refractivity contribution is 0.598. The van der Waals surface area contributed by atoms with E-state index in [2.05, 4.69) is 5.32 Å². The Labute approximate surface area is 123 Å². The molecule has 5 nitrogen and oxygen atoms in total. The molecule has 0 atom stereocenters. The second-order valence-corrected chi connectivity index (χ2v) is 7.25. The van der Waals surface area contributed by atoms with Crippen LogP contribution >= 0.6 is 24.0 Å². The summed E-state index contributed by atoms with van der Waals surface area (Å²) < 4.78 is 21.8. The molecule has 0 heterocycles. The van der Waals surface area contributed by atoms with Gasteiger partial charge in [0.15, 0.2) is 0 Å². The van der Waals surface area contributed by atoms with Gasteiger partial charge in [0.1, 0.15) is 4.99 Å². The van der Waals surface area contributed by atoms with Gasteiger partial charge in [-0.05, 0) is 17.9 Å². The van der Waals surface area contributed by atoms with Crippen LogP contribution in [0.2, 0.25) is 0 Å². The van der Waals surface area contributed by atoms with Crippen LogP contribution in [0.5, 0.6) is 0 Å². The van der Waals surface area contributed by atoms with Crippen molar-refractivity contribution in [3.05, 3.63) is 23.8 Å². The molecule has 0 aliphatic carbocycles. The molecule has 1 aromatic carbocycles. The molecule has 0 spiro atoms. The highest BCUT2D eigenvalue weighted by Gasteiger charge is 2.11. The Kier molecular flexibility index (Phi) is 6.05. The fourth-order valence-corrected chi connectivity index (χ4v) is 3.06. The summed E-state index contributed by atoms with van der Waals surface area (Å²) in [5.41, 5.74) is 7.22. The number of nitrogens with one attached hydrogen (secondary N) is 1. The van der Waals surface area contributed by atoms with Crippen LogP contribution in [0.3, 0.4) is 0 Å². The Hall–Kier alpha value is -0.830. The van der Waals surface area contributed by atoms with E-state index in [9.17, 15) is 8.42 Å². The third-order valence-corrected chi connectivity index (χ3v) is 4.19. The summed E-state index contributed by atoms with van der Waals surface area (Å²) in [5.74, 6) is 0.755. The highest BCUT2D eigenvalue weighted by Crippen LogP contribution is 2.28. The summed E-state index contributed by atoms with van der Waals surface area (Å²) in [7, 11) is -3.48. The number of thioether (sulfide) groups is 1. The first-order valence-electron chi connectivity index (χ1n) is 5.65. The second kappa shape index (κ2) is 7.09. The van der Waals surface area contributed by atoms with Gasteiger partial charge in [-0.25, -0.2) is 13.6 Å². The zero-order valence-corrected chi connectivity index (χ0v) is 13.0. The topological polar surface area (TPSA) is 98.2 Å². The molecular weight excluding hydrogens is 302 g/mol. The fraction of sp³-hybridized carbons (Fsp3) is 0.364. The van der Waals surface area contributed by atoms with Crippen molar-refractivity contribution in [3.63, 3.8) is 0 Å². The van der Waals surface area contributed by atoms with Crippen molar-refractivity contribution in [2.75, 3.05) is 23.4 Å². The summed E-state index contributed by atoms with van der Waals surface area (Å²) in [6, 6.07) is 5.63. The fourth-order valence-electron chi connectivity index (χ4n) is 1.54. The number of hydrogen-bond acceptors (Lipinski definition) is 5. The molecule has 0 aromatic heterocycles. The van der Waals surface area contributed by atoms with Gasteiger partial charge in [0.2, 0.25) is 10.0 Å². The van der Waals surface area contributed by atoms with Gasteiger partial charge in [-0.2, -0.15) is 0 Å². The Bertz CT molecular complexity index is 558. The van der Waals surface area contributed by atoms with E-state index < -0.39 is 10.0 Å². The first-order valence-corrected chi connectivity index (χ1v) is 8.76. The molecule has 0 saturated carbocycles. The Morgan fingerprint density at radius 3 is 2.68 bits per heavy atom. The van der Waals surface area contributed by atoms with Crippen molar-refractivity contribution in [1.29, 1.82) is 0 Å². The largest absolute Gasteiger partial charge is 0.389 e. The zero-order chi connectivity index (χ0) is 14.5. The van der Waals surface area contributed by atoms with Gasteiger partial charge in [-0.1, -0.05) is 25.2 Å². The molecule has 5 N–H and O–H groups in total. The lowest BCUT2D eigenvalue weighted by Crippen LogP contribution is -2.23. The summed E-state index contributed by atoms with van der Waals surface area (Å²) in [4.78, 5) is 1.27. The highest BCUT2D eigenvalue weighted by atomic mass is 32.2. The maximum absolute atomic E-state index is 10.9. The molecule has 0 saturated heterocycles. The number of benzene rings is 1. The van der Waals surface area contributed by atoms with E-state index in [1.165, 1.54) is 0 Å². The van der Waals surface area contributed by atoms with Gasteiger partial charge in [0, 0.05) is 22.7 Å². The third kappa shape index (κ3) is 5.35. The second-order valence-electron chi connectivity index (χ2n) is 3.77. The standard InChI is InChI=1S/C11H17N3O2S3/c1-2-18-9-5-3-4-8(10(9)11(12)17)14-6-7-19(13,15)16/h3-5,14H,2,6-7H2,1H3,(H2,12,17)(H2,13,15,16). The SMILES string of the molecule is CCSc1cccc(NCCS(N)(=O)=O)c1C(N)=S. The van der Waals surface area contributed by atoms with Crippen LogP contribution in [-0.2, 0) is 10.0 Å². The third-order valence-electron chi connectivity index (χ3n) is 2.27. The van der Waals surface area contributed by atoms with E-state index >= 15 is 0 Å². The van der Waals surface area contributed by atoms with Crippen molar-refractivity contribution in [3.8, 4) is 0 Å². The Balaban J connectivity index is 2.93. The van der Waals surface area contributed by atoms with Crippen molar-refractivity contribution in [2.24, 2.45) is 10.9 Å². The maximum Gasteiger partial charge on any atom is 0.210 e. The van der Waals surface area contributed by atoms with Crippen molar-refractivity contribution in [2.45, 2.75) is 11.8 Å². The number of thiocarbonyl (C=S) groups is 1. The predicted molar refractivity (Wildman–Crippen MR) is 85.2 cm³/mol. The monoisotopic (exact) mass is 319 g/mol. The lowest BCUT2D eigenvalue weighted by Gasteiger charge is -2.14. The van der Waals surface area contributed by atoms with Gasteiger partial charge in [-0.15, -0.1) is 11.8 Å². The maximum atomic E-state index is 10.9. The van der Waals surface area contributed by atoms with E-state index in [1.807, 2.05) is 25.1 Å². The van der Waals surface area contributed by atoms with Crippen molar-refractivity contribution in [1.82, 2.24) is 0 Å². The van der Waals surface area contributed by atoms with Crippen molar-refractivity contribution >= 4 is 44.7 Å². The number of anilines is 1. The molecule has 0 amide bonds. The van der Waals surface area contributed by atoms with Crippen LogP contribution < -0.4 is 16.2 Å². The molecule has 19 heavy (non-hydrogen) atoms. The lowest BCUT2D eigenvalue weighted by atomic mass is 10.1. The quantitative estimate of drug-likeness (QED) is 0.515. The molecule has 1 aromatic rings. The number of hydrogen-bond donors (Lipinski definition) is 3. The molecule has 106 valence electrons. The minimum atomic E-state index is -3.48. The van der Waals surface area contributed by atoms with Crippen LogP contribution in [0.4, 0.5) is 5.69 Å². The molecule has 0 unspecified atom stereocenters. The van der Waals surface area contributed by atoms with Gasteiger partial charge in [-0.3, -0.25) is 0 Å². The average Bonchev–Trinajstić information content (AvgIpc) is 2.27. The van der Waals surface area contributed by atoms with E-state index in [0.717, 1.165) is 21.9 Å². The van der Waals surface area contributed by atoms with Crippen LogP contribution in [0.1, 0.15) is 12.5 Å². The van der Waals surface area contributed by atoms with Crippen LogP contribution in [0.25, 0.3) is 0 Å². The van der Waals surface area contributed by atoms with E-state index in [1.54, 1.807) is 11.8 Å². The molecule has 0 aliphatic heterocycles. The normalized spacial score (nSPS) is 11.3. The number of primary sulfonamides is 1. The van der Waals surface area contributed by atoms with E-state index in [-0.39, 0.29) is 17.3 Å². The summed E-state index contributed by atoms with van der Waals surface area (Å²) in [5, 5.41) is 7.96. The van der Waals surface area contributed by atoms with E-state index in [4.69, 9.17) is 23.1 Å². The van der Waals surface area contributed by atoms with Gasteiger partial charge < -0.3 is 11.1 Å². The van der Waals surface area contributed by atoms with Crippen LogP contribution in [-0.4, -0.2) is 31.5 Å². The Morgan fingerprint density at radius 1 is 1.47 bits per heavy atom. The first kappa shape index (κ1) is 16.2. The predicted octanol–water partition coefficient (Wildman–Crippen LogP) is 1.13.